The van der Waals surface area contributed by atoms with Crippen LogP contribution in [0.15, 0.2) is 6.20 Å². The molecule has 2 unspecified atom stereocenters. The van der Waals surface area contributed by atoms with Gasteiger partial charge in [-0.25, -0.2) is 4.98 Å². The predicted molar refractivity (Wildman–Crippen MR) is 78.1 cm³/mol. The van der Waals surface area contributed by atoms with E-state index < -0.39 is 0 Å². The Hall–Kier alpha value is -0.450. The molecule has 1 aliphatic rings. The molecule has 4 heteroatoms. The molecular formula is C14H25N3S. The highest BCUT2D eigenvalue weighted by molar-refractivity contribution is 7.11. The first-order valence-corrected chi connectivity index (χ1v) is 7.77. The standard InChI is InChI=1S/C14H25N3S/c1-10(2)15-8-13-5-6-17(9-13)12(4)14-16-7-11(3)18-14/h7,10,12-13,15H,5-6,8-9H2,1-4H3. The third-order valence-corrected chi connectivity index (χ3v) is 4.76. The molecule has 18 heavy (non-hydrogen) atoms. The number of aromatic nitrogens is 1. The minimum atomic E-state index is 0.479. The maximum Gasteiger partial charge on any atom is 0.110 e. The molecule has 0 amide bonds. The van der Waals surface area contributed by atoms with E-state index >= 15 is 0 Å². The van der Waals surface area contributed by atoms with Crippen LogP contribution in [-0.2, 0) is 0 Å². The molecule has 2 atom stereocenters. The van der Waals surface area contributed by atoms with Gasteiger partial charge in [-0.3, -0.25) is 4.90 Å². The normalized spacial score (nSPS) is 22.8. The summed E-state index contributed by atoms with van der Waals surface area (Å²) in [4.78, 5) is 8.41. The van der Waals surface area contributed by atoms with Gasteiger partial charge in [0, 0.05) is 23.7 Å². The van der Waals surface area contributed by atoms with Crippen LogP contribution >= 0.6 is 11.3 Å². The van der Waals surface area contributed by atoms with Crippen LogP contribution in [0.3, 0.4) is 0 Å². The SMILES string of the molecule is Cc1cnc(C(C)N2CCC(CNC(C)C)C2)s1. The summed E-state index contributed by atoms with van der Waals surface area (Å²) in [5, 5.41) is 4.82. The lowest BCUT2D eigenvalue weighted by atomic mass is 10.1. The number of nitrogens with one attached hydrogen (secondary N) is 1. The Kier molecular flexibility index (Phi) is 4.76. The minimum Gasteiger partial charge on any atom is -0.314 e. The molecule has 0 radical (unpaired) electrons. The van der Waals surface area contributed by atoms with E-state index in [9.17, 15) is 0 Å². The molecule has 102 valence electrons. The van der Waals surface area contributed by atoms with Crippen LogP contribution in [0.1, 0.15) is 43.1 Å². The van der Waals surface area contributed by atoms with Gasteiger partial charge >= 0.3 is 0 Å². The molecule has 1 saturated heterocycles. The number of hydrogen-bond donors (Lipinski definition) is 1. The maximum atomic E-state index is 4.52. The number of thiazole rings is 1. The zero-order valence-corrected chi connectivity index (χ0v) is 12.8. The summed E-state index contributed by atoms with van der Waals surface area (Å²) in [5.74, 6) is 0.802. The van der Waals surface area contributed by atoms with Crippen molar-refractivity contribution in [2.45, 2.75) is 46.2 Å². The Balaban J connectivity index is 1.84. The van der Waals surface area contributed by atoms with Gasteiger partial charge in [0.15, 0.2) is 0 Å². The molecule has 0 saturated carbocycles. The van der Waals surface area contributed by atoms with Crippen LogP contribution in [0, 0.1) is 12.8 Å². The van der Waals surface area contributed by atoms with Gasteiger partial charge in [0.05, 0.1) is 6.04 Å². The highest BCUT2D eigenvalue weighted by Gasteiger charge is 2.27. The molecule has 0 aromatic carbocycles. The average molecular weight is 267 g/mol. The van der Waals surface area contributed by atoms with Gasteiger partial charge in [0.1, 0.15) is 5.01 Å². The van der Waals surface area contributed by atoms with Crippen LogP contribution in [-0.4, -0.2) is 35.6 Å². The molecule has 2 heterocycles. The molecule has 0 bridgehead atoms. The fraction of sp³-hybridized carbons (Fsp3) is 0.786. The molecule has 0 aliphatic carbocycles. The number of likely N-dealkylation sites (tertiary alicyclic amines) is 1. The summed E-state index contributed by atoms with van der Waals surface area (Å²) in [6, 6.07) is 1.07. The second kappa shape index (κ2) is 6.13. The van der Waals surface area contributed by atoms with Gasteiger partial charge in [-0.15, -0.1) is 11.3 Å². The summed E-state index contributed by atoms with van der Waals surface area (Å²) in [6.45, 7) is 12.4. The first kappa shape index (κ1) is 14.0. The van der Waals surface area contributed by atoms with Gasteiger partial charge in [0.2, 0.25) is 0 Å². The maximum absolute atomic E-state index is 4.52. The van der Waals surface area contributed by atoms with Gasteiger partial charge in [-0.1, -0.05) is 13.8 Å². The van der Waals surface area contributed by atoms with Crippen molar-refractivity contribution in [3.8, 4) is 0 Å². The Morgan fingerprint density at radius 2 is 2.28 bits per heavy atom. The first-order valence-electron chi connectivity index (χ1n) is 6.96. The number of rotatable bonds is 5. The zero-order chi connectivity index (χ0) is 13.1. The number of hydrogen-bond acceptors (Lipinski definition) is 4. The molecule has 1 aliphatic heterocycles. The average Bonchev–Trinajstić information content (AvgIpc) is 2.94. The van der Waals surface area contributed by atoms with Crippen molar-refractivity contribution in [2.75, 3.05) is 19.6 Å². The van der Waals surface area contributed by atoms with E-state index in [0.717, 1.165) is 12.5 Å². The smallest absolute Gasteiger partial charge is 0.110 e. The molecular weight excluding hydrogens is 242 g/mol. The first-order chi connectivity index (χ1) is 8.56. The van der Waals surface area contributed by atoms with Crippen LogP contribution in [0.5, 0.6) is 0 Å². The lowest BCUT2D eigenvalue weighted by molar-refractivity contribution is 0.250. The molecule has 1 N–H and O–H groups in total. The third kappa shape index (κ3) is 3.53. The van der Waals surface area contributed by atoms with E-state index in [1.807, 2.05) is 17.5 Å². The van der Waals surface area contributed by atoms with E-state index in [1.165, 1.54) is 29.4 Å². The molecule has 1 fully saturated rings. The van der Waals surface area contributed by atoms with Crippen molar-refractivity contribution < 1.29 is 0 Å². The summed E-state index contributed by atoms with van der Waals surface area (Å²) < 4.78 is 0. The minimum absolute atomic E-state index is 0.479. The van der Waals surface area contributed by atoms with Gasteiger partial charge < -0.3 is 5.32 Å². The van der Waals surface area contributed by atoms with Gasteiger partial charge in [-0.2, -0.15) is 0 Å². The highest BCUT2D eigenvalue weighted by Crippen LogP contribution is 2.29. The van der Waals surface area contributed by atoms with Crippen LogP contribution in [0.4, 0.5) is 0 Å². The van der Waals surface area contributed by atoms with E-state index in [0.29, 0.717) is 12.1 Å². The monoisotopic (exact) mass is 267 g/mol. The summed E-state index contributed by atoms with van der Waals surface area (Å²) in [5.41, 5.74) is 0. The lowest BCUT2D eigenvalue weighted by Gasteiger charge is -2.22. The van der Waals surface area contributed by atoms with E-state index in [4.69, 9.17) is 0 Å². The van der Waals surface area contributed by atoms with E-state index in [-0.39, 0.29) is 0 Å². The van der Waals surface area contributed by atoms with Crippen molar-refractivity contribution in [2.24, 2.45) is 5.92 Å². The summed E-state index contributed by atoms with van der Waals surface area (Å²) in [7, 11) is 0. The van der Waals surface area contributed by atoms with Crippen LogP contribution in [0.2, 0.25) is 0 Å². The quantitative estimate of drug-likeness (QED) is 0.889. The Morgan fingerprint density at radius 1 is 1.50 bits per heavy atom. The molecule has 3 nitrogen and oxygen atoms in total. The molecule has 1 aromatic rings. The third-order valence-electron chi connectivity index (χ3n) is 3.68. The van der Waals surface area contributed by atoms with Crippen molar-refractivity contribution in [1.29, 1.82) is 0 Å². The van der Waals surface area contributed by atoms with E-state index in [1.54, 1.807) is 0 Å². The second-order valence-electron chi connectivity index (χ2n) is 5.70. The second-order valence-corrected chi connectivity index (χ2v) is 6.96. The number of nitrogens with zero attached hydrogens (tertiary/aromatic N) is 2. The molecule has 2 rings (SSSR count). The predicted octanol–water partition coefficient (Wildman–Crippen LogP) is 2.83. The summed E-state index contributed by atoms with van der Waals surface area (Å²) in [6.07, 6.45) is 3.30. The summed E-state index contributed by atoms with van der Waals surface area (Å²) >= 11 is 1.83. The molecule has 0 spiro atoms. The number of aryl methyl sites for hydroxylation is 1. The zero-order valence-electron chi connectivity index (χ0n) is 11.9. The fourth-order valence-electron chi connectivity index (χ4n) is 2.50. The lowest BCUT2D eigenvalue weighted by Crippen LogP contribution is -2.31. The van der Waals surface area contributed by atoms with Crippen molar-refractivity contribution in [3.63, 3.8) is 0 Å². The van der Waals surface area contributed by atoms with Crippen molar-refractivity contribution >= 4 is 11.3 Å². The van der Waals surface area contributed by atoms with Gasteiger partial charge in [0.25, 0.3) is 0 Å². The molecule has 1 aromatic heterocycles. The fourth-order valence-corrected chi connectivity index (χ4v) is 3.37. The Morgan fingerprint density at radius 3 is 2.89 bits per heavy atom. The largest absolute Gasteiger partial charge is 0.314 e. The van der Waals surface area contributed by atoms with E-state index in [2.05, 4.69) is 42.9 Å². The topological polar surface area (TPSA) is 28.2 Å². The van der Waals surface area contributed by atoms with Crippen molar-refractivity contribution in [3.05, 3.63) is 16.1 Å². The van der Waals surface area contributed by atoms with Crippen LogP contribution < -0.4 is 5.32 Å². The highest BCUT2D eigenvalue weighted by atomic mass is 32.1. The Labute approximate surface area is 115 Å². The van der Waals surface area contributed by atoms with Crippen LogP contribution in [0.25, 0.3) is 0 Å². The Bertz CT molecular complexity index is 375. The van der Waals surface area contributed by atoms with Crippen molar-refractivity contribution in [1.82, 2.24) is 15.2 Å². The van der Waals surface area contributed by atoms with Gasteiger partial charge in [-0.05, 0) is 39.3 Å².